The Morgan fingerprint density at radius 2 is 2.07 bits per heavy atom. The Labute approximate surface area is 165 Å². The molecule has 2 aliphatic rings. The average molecular weight is 424 g/mol. The van der Waals surface area contributed by atoms with E-state index in [9.17, 15) is 14.2 Å². The van der Waals surface area contributed by atoms with Crippen LogP contribution < -0.4 is 11.2 Å². The van der Waals surface area contributed by atoms with Crippen LogP contribution in [0.15, 0.2) is 46.1 Å². The Morgan fingerprint density at radius 3 is 2.86 bits per heavy atom. The predicted molar refractivity (Wildman–Crippen MR) is 100 cm³/mol. The molecule has 0 unspecified atom stereocenters. The number of phosphoric ester groups is 1. The third-order valence-electron chi connectivity index (χ3n) is 4.62. The van der Waals surface area contributed by atoms with Crippen molar-refractivity contribution in [1.29, 1.82) is 0 Å². The van der Waals surface area contributed by atoms with E-state index in [0.29, 0.717) is 12.0 Å². The first-order valence-electron chi connectivity index (χ1n) is 9.15. The summed E-state index contributed by atoms with van der Waals surface area (Å²) < 4.78 is 41.3. The summed E-state index contributed by atoms with van der Waals surface area (Å²) in [4.78, 5) is 25.7. The van der Waals surface area contributed by atoms with Gasteiger partial charge in [-0.15, -0.1) is 0 Å². The Morgan fingerprint density at radius 1 is 1.28 bits per heavy atom. The molecule has 11 heteroatoms. The smallest absolute Gasteiger partial charge is 0.345 e. The molecule has 0 aliphatic carbocycles. The molecule has 2 fully saturated rings. The third kappa shape index (κ3) is 4.58. The van der Waals surface area contributed by atoms with E-state index < -0.39 is 37.7 Å². The number of aromatic nitrogens is 2. The number of ether oxygens (including phenoxy) is 2. The van der Waals surface area contributed by atoms with Gasteiger partial charge in [0.15, 0.2) is 12.5 Å². The van der Waals surface area contributed by atoms with Crippen LogP contribution in [0.3, 0.4) is 0 Å². The lowest BCUT2D eigenvalue weighted by Gasteiger charge is -2.29. The number of hydrogen-bond acceptors (Lipinski definition) is 8. The van der Waals surface area contributed by atoms with E-state index in [-0.39, 0.29) is 19.8 Å². The van der Waals surface area contributed by atoms with E-state index in [0.717, 1.165) is 5.56 Å². The third-order valence-corrected chi connectivity index (χ3v) is 6.09. The predicted octanol–water partition coefficient (Wildman–Crippen LogP) is 2.02. The largest absolute Gasteiger partial charge is 0.475 e. The first-order chi connectivity index (χ1) is 13.9. The molecular formula is C18H21N2O8P. The Balaban J connectivity index is 1.36. The van der Waals surface area contributed by atoms with Crippen LogP contribution in [0.4, 0.5) is 0 Å². The van der Waals surface area contributed by atoms with Crippen LogP contribution in [-0.2, 0) is 27.6 Å². The maximum atomic E-state index is 12.8. The van der Waals surface area contributed by atoms with Crippen LogP contribution >= 0.6 is 7.82 Å². The SMILES string of the molecule is Cc1cn([C@H]2CO[C@@H](CO[P@]3(=O)OCC[C@H](c4ccccc4)O3)O2)c(=O)[nH]c1=O. The molecule has 4 rings (SSSR count). The molecule has 0 amide bonds. The zero-order valence-corrected chi connectivity index (χ0v) is 16.6. The second-order valence-corrected chi connectivity index (χ2v) is 8.32. The van der Waals surface area contributed by atoms with Crippen molar-refractivity contribution in [3.63, 3.8) is 0 Å². The van der Waals surface area contributed by atoms with Crippen molar-refractivity contribution in [2.24, 2.45) is 0 Å². The molecule has 3 heterocycles. The molecule has 0 spiro atoms. The van der Waals surface area contributed by atoms with Crippen LogP contribution in [0.25, 0.3) is 0 Å². The van der Waals surface area contributed by atoms with Crippen molar-refractivity contribution in [1.82, 2.24) is 9.55 Å². The van der Waals surface area contributed by atoms with Gasteiger partial charge in [-0.1, -0.05) is 30.3 Å². The van der Waals surface area contributed by atoms with E-state index in [1.807, 2.05) is 30.3 Å². The van der Waals surface area contributed by atoms with Gasteiger partial charge in [-0.05, 0) is 12.5 Å². The van der Waals surface area contributed by atoms with E-state index >= 15 is 0 Å². The van der Waals surface area contributed by atoms with Gasteiger partial charge < -0.3 is 9.47 Å². The highest BCUT2D eigenvalue weighted by Gasteiger charge is 2.38. The summed E-state index contributed by atoms with van der Waals surface area (Å²) in [5.74, 6) is 0. The number of aryl methyl sites for hydroxylation is 1. The molecule has 0 saturated carbocycles. The fourth-order valence-electron chi connectivity index (χ4n) is 3.10. The summed E-state index contributed by atoms with van der Waals surface area (Å²) in [5, 5.41) is 0. The van der Waals surface area contributed by atoms with E-state index in [1.165, 1.54) is 10.8 Å². The molecule has 4 atom stereocenters. The normalized spacial score (nSPS) is 29.8. The first-order valence-corrected chi connectivity index (χ1v) is 10.6. The number of nitrogens with zero attached hydrogens (tertiary/aromatic N) is 1. The van der Waals surface area contributed by atoms with Crippen molar-refractivity contribution in [2.75, 3.05) is 19.8 Å². The van der Waals surface area contributed by atoms with Crippen molar-refractivity contribution in [2.45, 2.75) is 32.0 Å². The first kappa shape index (κ1) is 20.2. The quantitative estimate of drug-likeness (QED) is 0.725. The molecule has 1 aromatic carbocycles. The van der Waals surface area contributed by atoms with Crippen molar-refractivity contribution >= 4 is 7.82 Å². The molecule has 2 saturated heterocycles. The van der Waals surface area contributed by atoms with E-state index in [1.54, 1.807) is 6.92 Å². The number of benzene rings is 1. The topological polar surface area (TPSA) is 118 Å². The van der Waals surface area contributed by atoms with Crippen LogP contribution in [0.2, 0.25) is 0 Å². The van der Waals surface area contributed by atoms with Crippen LogP contribution in [0, 0.1) is 6.92 Å². The number of aromatic amines is 1. The lowest BCUT2D eigenvalue weighted by Crippen LogP contribution is -2.34. The number of rotatable bonds is 5. The molecule has 2 aliphatic heterocycles. The Kier molecular flexibility index (Phi) is 5.82. The van der Waals surface area contributed by atoms with Gasteiger partial charge in [-0.2, -0.15) is 0 Å². The van der Waals surface area contributed by atoms with Gasteiger partial charge in [-0.3, -0.25) is 27.9 Å². The molecule has 2 aromatic rings. The average Bonchev–Trinajstić information content (AvgIpc) is 3.19. The number of H-pyrrole nitrogens is 1. The second kappa shape index (κ2) is 8.35. The number of phosphoric acid groups is 1. The van der Waals surface area contributed by atoms with Crippen molar-refractivity contribution in [3.8, 4) is 0 Å². The lowest BCUT2D eigenvalue weighted by atomic mass is 10.1. The van der Waals surface area contributed by atoms with Crippen LogP contribution in [0.1, 0.15) is 29.9 Å². The molecular weight excluding hydrogens is 403 g/mol. The van der Waals surface area contributed by atoms with Gasteiger partial charge in [0.2, 0.25) is 0 Å². The monoisotopic (exact) mass is 424 g/mol. The maximum Gasteiger partial charge on any atom is 0.475 e. The molecule has 10 nitrogen and oxygen atoms in total. The van der Waals surface area contributed by atoms with Gasteiger partial charge in [0, 0.05) is 18.2 Å². The molecule has 1 aromatic heterocycles. The number of hydrogen-bond donors (Lipinski definition) is 1. The van der Waals surface area contributed by atoms with Crippen molar-refractivity contribution < 1.29 is 27.6 Å². The van der Waals surface area contributed by atoms with Gasteiger partial charge in [0.25, 0.3) is 5.56 Å². The highest BCUT2D eigenvalue weighted by atomic mass is 31.2. The van der Waals surface area contributed by atoms with Gasteiger partial charge in [0.05, 0.1) is 19.3 Å². The van der Waals surface area contributed by atoms with E-state index in [4.69, 9.17) is 23.0 Å². The highest BCUT2D eigenvalue weighted by Crippen LogP contribution is 2.57. The Hall–Kier alpha value is -2.07. The standard InChI is InChI=1S/C18H21N2O8P/c1-12-9-20(18(22)19-17(12)21)15-10-24-16(27-15)11-26-29(23)25-8-7-14(28-29)13-5-3-2-4-6-13/h2-6,9,14-16H,7-8,10-11H2,1H3,(H,19,21,22)/t14-,15-,16-,29+/m1/s1. The van der Waals surface area contributed by atoms with Gasteiger partial charge >= 0.3 is 13.5 Å². The zero-order valence-electron chi connectivity index (χ0n) is 15.7. The fraction of sp³-hybridized carbons (Fsp3) is 0.444. The molecule has 0 bridgehead atoms. The number of nitrogens with one attached hydrogen (secondary N) is 1. The minimum Gasteiger partial charge on any atom is -0.345 e. The summed E-state index contributed by atoms with van der Waals surface area (Å²) in [7, 11) is -3.78. The summed E-state index contributed by atoms with van der Waals surface area (Å²) in [6, 6.07) is 9.41. The van der Waals surface area contributed by atoms with Crippen LogP contribution in [-0.4, -0.2) is 35.7 Å². The van der Waals surface area contributed by atoms with Crippen molar-refractivity contribution in [3.05, 3.63) is 68.5 Å². The lowest BCUT2D eigenvalue weighted by molar-refractivity contribution is -0.103. The summed E-state index contributed by atoms with van der Waals surface area (Å²) in [6.45, 7) is 1.68. The fourth-order valence-corrected chi connectivity index (χ4v) is 4.47. The minimum absolute atomic E-state index is 0.0675. The highest BCUT2D eigenvalue weighted by molar-refractivity contribution is 7.48. The maximum absolute atomic E-state index is 12.8. The second-order valence-electron chi connectivity index (χ2n) is 6.70. The summed E-state index contributed by atoms with van der Waals surface area (Å²) in [6.07, 6.45) is -0.0355. The van der Waals surface area contributed by atoms with Crippen LogP contribution in [0.5, 0.6) is 0 Å². The molecule has 29 heavy (non-hydrogen) atoms. The minimum atomic E-state index is -3.78. The summed E-state index contributed by atoms with van der Waals surface area (Å²) in [5.41, 5.74) is 0.199. The van der Waals surface area contributed by atoms with Gasteiger partial charge in [0.1, 0.15) is 6.61 Å². The molecule has 0 radical (unpaired) electrons. The Bertz CT molecular complexity index is 1020. The van der Waals surface area contributed by atoms with E-state index in [2.05, 4.69) is 4.98 Å². The van der Waals surface area contributed by atoms with Gasteiger partial charge in [-0.25, -0.2) is 9.36 Å². The summed E-state index contributed by atoms with van der Waals surface area (Å²) >= 11 is 0. The molecule has 156 valence electrons. The zero-order chi connectivity index (χ0) is 20.4. The molecule has 1 N–H and O–H groups in total.